The first kappa shape index (κ1) is 37.9. The third kappa shape index (κ3) is 7.48. The molecule has 0 unspecified atom stereocenters. The van der Waals surface area contributed by atoms with Crippen molar-refractivity contribution >= 4 is 44.1 Å². The second-order valence-corrected chi connectivity index (χ2v) is 18.6. The number of carbonyl (C=O) groups is 2. The molecular formula is C42H45F2N3O8Si. The Hall–Kier alpha value is -4.95. The molecule has 0 spiro atoms. The van der Waals surface area contributed by atoms with Gasteiger partial charge in [-0.15, -0.1) is 0 Å². The van der Waals surface area contributed by atoms with Crippen molar-refractivity contribution in [2.24, 2.45) is 5.92 Å². The Labute approximate surface area is 326 Å². The summed E-state index contributed by atoms with van der Waals surface area (Å²) in [7, 11) is 0.208. The number of aromatic nitrogens is 1. The second kappa shape index (κ2) is 14.5. The van der Waals surface area contributed by atoms with E-state index < -0.39 is 40.8 Å². The Morgan fingerprint density at radius 2 is 1.73 bits per heavy atom. The van der Waals surface area contributed by atoms with E-state index >= 15 is 8.78 Å². The number of benzene rings is 3. The van der Waals surface area contributed by atoms with E-state index in [4.69, 9.17) is 23.4 Å². The lowest BCUT2D eigenvalue weighted by molar-refractivity contribution is -0.0133. The average molecular weight is 786 g/mol. The molecule has 3 aliphatic heterocycles. The van der Waals surface area contributed by atoms with Crippen molar-refractivity contribution in [3.05, 3.63) is 93.8 Å². The van der Waals surface area contributed by atoms with E-state index in [1.807, 2.05) is 53.6 Å². The highest BCUT2D eigenvalue weighted by Crippen LogP contribution is 2.48. The zero-order valence-corrected chi connectivity index (χ0v) is 33.1. The van der Waals surface area contributed by atoms with Crippen LogP contribution in [-0.2, 0) is 20.5 Å². The smallest absolute Gasteiger partial charge is 0.414 e. The summed E-state index contributed by atoms with van der Waals surface area (Å²) < 4.78 is 63.0. The molecule has 56 heavy (non-hydrogen) atoms. The van der Waals surface area contributed by atoms with Crippen LogP contribution in [-0.4, -0.2) is 70.4 Å². The maximum atomic E-state index is 16.2. The van der Waals surface area contributed by atoms with E-state index in [-0.39, 0.29) is 87.3 Å². The molecule has 1 saturated carbocycles. The number of hydrogen-bond donors (Lipinski definition) is 0. The number of ether oxygens (including phenoxy) is 4. The summed E-state index contributed by atoms with van der Waals surface area (Å²) in [5, 5.41) is 0.0278. The van der Waals surface area contributed by atoms with E-state index in [0.717, 1.165) is 18.4 Å². The molecule has 1 aliphatic carbocycles. The maximum Gasteiger partial charge on any atom is 0.414 e. The number of esters is 1. The topological polar surface area (TPSA) is 109 Å². The fourth-order valence-electron chi connectivity index (χ4n) is 7.55. The van der Waals surface area contributed by atoms with E-state index in [9.17, 15) is 14.4 Å². The van der Waals surface area contributed by atoms with Crippen LogP contribution in [0.5, 0.6) is 11.5 Å². The third-order valence-electron chi connectivity index (χ3n) is 10.7. The SMILES string of the molecule is CC(C)(C)[Si]OC(C)(C)[C@H]1CN(c2ccc(OC[C@@H]3C[C@H]4COc5c(c(F)cc6c(=O)c(C(=O)OCc7ccccc7)cn(C7CC7)c56)N4C3)c(F)c2)C(=O)O1. The first-order valence-electron chi connectivity index (χ1n) is 19.0. The lowest BCUT2D eigenvalue weighted by Gasteiger charge is -2.34. The monoisotopic (exact) mass is 785 g/mol. The summed E-state index contributed by atoms with van der Waals surface area (Å²) in [5.74, 6) is -1.77. The van der Waals surface area contributed by atoms with Gasteiger partial charge in [-0.05, 0) is 61.9 Å². The van der Waals surface area contributed by atoms with Crippen molar-refractivity contribution < 1.29 is 41.7 Å². The summed E-state index contributed by atoms with van der Waals surface area (Å²) >= 11 is 0. The number of halogens is 2. The highest BCUT2D eigenvalue weighted by atomic mass is 28.2. The molecule has 294 valence electrons. The zero-order chi connectivity index (χ0) is 39.5. The minimum absolute atomic E-state index is 0.00397. The predicted octanol–water partition coefficient (Wildman–Crippen LogP) is 7.60. The Morgan fingerprint density at radius 1 is 0.964 bits per heavy atom. The van der Waals surface area contributed by atoms with Crippen molar-refractivity contribution in [1.29, 1.82) is 0 Å². The third-order valence-corrected chi connectivity index (χ3v) is 11.9. The fraction of sp³-hybridized carbons (Fsp3) is 0.452. The van der Waals surface area contributed by atoms with E-state index in [1.54, 1.807) is 6.07 Å². The normalized spacial score (nSPS) is 20.8. The molecule has 4 heterocycles. The van der Waals surface area contributed by atoms with E-state index in [1.165, 1.54) is 29.3 Å². The van der Waals surface area contributed by atoms with Gasteiger partial charge in [0.25, 0.3) is 0 Å². The molecule has 0 bridgehead atoms. The minimum atomic E-state index is -0.767. The Morgan fingerprint density at radius 3 is 2.45 bits per heavy atom. The first-order valence-corrected chi connectivity index (χ1v) is 19.9. The lowest BCUT2D eigenvalue weighted by atomic mass is 10.0. The van der Waals surface area contributed by atoms with Gasteiger partial charge in [0.15, 0.2) is 23.1 Å². The van der Waals surface area contributed by atoms with Gasteiger partial charge in [0, 0.05) is 30.8 Å². The van der Waals surface area contributed by atoms with Gasteiger partial charge in [-0.2, -0.15) is 0 Å². The van der Waals surface area contributed by atoms with Crippen LogP contribution in [0.2, 0.25) is 5.04 Å². The molecule has 4 aliphatic rings. The molecule has 8 rings (SSSR count). The molecule has 1 amide bonds. The van der Waals surface area contributed by atoms with Crippen molar-refractivity contribution in [1.82, 2.24) is 4.57 Å². The van der Waals surface area contributed by atoms with Gasteiger partial charge in [-0.3, -0.25) is 9.69 Å². The summed E-state index contributed by atoms with van der Waals surface area (Å²) in [5.41, 5.74) is 0.374. The van der Waals surface area contributed by atoms with Gasteiger partial charge in [-0.1, -0.05) is 51.1 Å². The first-order chi connectivity index (χ1) is 26.7. The number of hydrogen-bond acceptors (Lipinski definition) is 9. The van der Waals surface area contributed by atoms with Crippen LogP contribution in [0.15, 0.2) is 65.6 Å². The van der Waals surface area contributed by atoms with Crippen LogP contribution in [0.4, 0.5) is 25.0 Å². The molecule has 14 heteroatoms. The Balaban J connectivity index is 0.959. The number of anilines is 2. The fourth-order valence-corrected chi connectivity index (χ4v) is 8.25. The minimum Gasteiger partial charge on any atom is -0.490 e. The van der Waals surface area contributed by atoms with Gasteiger partial charge in [0.05, 0.1) is 41.4 Å². The van der Waals surface area contributed by atoms with Gasteiger partial charge in [0.2, 0.25) is 15.2 Å². The molecule has 2 saturated heterocycles. The zero-order valence-electron chi connectivity index (χ0n) is 32.1. The van der Waals surface area contributed by atoms with Crippen LogP contribution in [0.25, 0.3) is 10.9 Å². The number of amides is 1. The average Bonchev–Trinajstić information content (AvgIpc) is 3.80. The van der Waals surface area contributed by atoms with Gasteiger partial charge >= 0.3 is 12.1 Å². The predicted molar refractivity (Wildman–Crippen MR) is 207 cm³/mol. The molecule has 0 N–H and O–H groups in total. The second-order valence-electron chi connectivity index (χ2n) is 16.7. The van der Waals surface area contributed by atoms with Crippen molar-refractivity contribution in [3.63, 3.8) is 0 Å². The van der Waals surface area contributed by atoms with E-state index in [2.05, 4.69) is 20.8 Å². The number of cyclic esters (lactones) is 1. The van der Waals surface area contributed by atoms with Gasteiger partial charge < -0.3 is 32.8 Å². The Kier molecular flexibility index (Phi) is 9.84. The number of rotatable bonds is 11. The highest BCUT2D eigenvalue weighted by molar-refractivity contribution is 6.31. The van der Waals surface area contributed by atoms with E-state index in [0.29, 0.717) is 24.2 Å². The van der Waals surface area contributed by atoms with Crippen molar-refractivity contribution in [3.8, 4) is 11.5 Å². The summed E-state index contributed by atoms with van der Waals surface area (Å²) in [4.78, 5) is 43.1. The van der Waals surface area contributed by atoms with Crippen LogP contribution in [0, 0.1) is 17.6 Å². The number of pyridine rings is 1. The van der Waals surface area contributed by atoms with Crippen LogP contribution in [0.1, 0.15) is 75.8 Å². The largest absolute Gasteiger partial charge is 0.490 e. The van der Waals surface area contributed by atoms with Gasteiger partial charge in [0.1, 0.15) is 30.6 Å². The number of carbonyl (C=O) groups excluding carboxylic acids is 2. The molecular weight excluding hydrogens is 741 g/mol. The van der Waals surface area contributed by atoms with Crippen LogP contribution < -0.4 is 24.7 Å². The maximum absolute atomic E-state index is 16.2. The van der Waals surface area contributed by atoms with Crippen molar-refractivity contribution in [2.75, 3.05) is 36.1 Å². The quantitative estimate of drug-likeness (QED) is 0.112. The molecule has 2 radical (unpaired) electrons. The summed E-state index contributed by atoms with van der Waals surface area (Å²) in [6.45, 7) is 11.1. The Bertz CT molecular complexity index is 2240. The standard InChI is InChI=1S/C42H45F2N3O8Si/c1-41(2,3)56-55-42(4,5)34-20-47(40(50)54-34)27-13-14-33(31(43)16-27)51-22-25-15-28-23-52-38-35-29(17-32(44)36(38)45(28)18-25)37(48)30(19-46(35)26-11-12-26)39(49)53-21-24-9-7-6-8-10-24/h6-10,13-14,16-17,19,25-26,28,34H,11-12,15,18,20-23H2,1-5H3/t25-,28+,34-/m1/s1. The van der Waals surface area contributed by atoms with Crippen LogP contribution in [0.3, 0.4) is 0 Å². The molecule has 4 aromatic rings. The highest BCUT2D eigenvalue weighted by Gasteiger charge is 2.44. The number of nitrogens with zero attached hydrogens (tertiary/aromatic N) is 3. The van der Waals surface area contributed by atoms with Crippen LogP contribution >= 0.6 is 0 Å². The molecule has 1 aromatic heterocycles. The lowest BCUT2D eigenvalue weighted by Crippen LogP contribution is -2.43. The summed E-state index contributed by atoms with van der Waals surface area (Å²) in [6.07, 6.45) is 2.74. The van der Waals surface area contributed by atoms with Gasteiger partial charge in [-0.25, -0.2) is 18.4 Å². The molecule has 3 fully saturated rings. The number of fused-ring (bicyclic) bond motifs is 5. The molecule has 3 atom stereocenters. The van der Waals surface area contributed by atoms with Crippen molar-refractivity contribution in [2.45, 2.75) is 89.3 Å². The molecule has 3 aromatic carbocycles. The molecule has 11 nitrogen and oxygen atoms in total. The summed E-state index contributed by atoms with van der Waals surface area (Å²) in [6, 6.07) is 14.7.